The third kappa shape index (κ3) is 5.62. The average Bonchev–Trinajstić information content (AvgIpc) is 2.90. The molecule has 2 N–H and O–H groups in total. The molecule has 1 saturated heterocycles. The Morgan fingerprint density at radius 3 is 2.51 bits per heavy atom. The standard InChI is InChI=1S/C28H28BrFN4O3/c1-34-11-9-17(10-12-34)16-36-26-15-22-19(14-25(26)35-2)27(31)33-28(32-22)18-7-8-23(20(29)13-18)37-24-6-4-3-5-21(24)30/h3-8,13-15,17H,9-12,16H2,1-2H3,(H2,31,32,33). The van der Waals surface area contributed by atoms with E-state index in [1.54, 1.807) is 31.4 Å². The molecule has 1 aliphatic rings. The molecule has 0 bridgehead atoms. The van der Waals surface area contributed by atoms with Crippen molar-refractivity contribution in [2.75, 3.05) is 39.6 Å². The van der Waals surface area contributed by atoms with Crippen LogP contribution >= 0.6 is 15.9 Å². The number of rotatable bonds is 7. The summed E-state index contributed by atoms with van der Waals surface area (Å²) in [4.78, 5) is 11.6. The number of piperidine rings is 1. The van der Waals surface area contributed by atoms with Gasteiger partial charge in [-0.05, 0) is 91.2 Å². The molecule has 3 aromatic carbocycles. The molecular weight excluding hydrogens is 539 g/mol. The SMILES string of the molecule is COc1cc2c(N)nc(-c3ccc(Oc4ccccc4F)c(Br)c3)nc2cc1OCC1CCN(C)CC1. The molecule has 192 valence electrons. The van der Waals surface area contributed by atoms with Crippen LogP contribution in [0.2, 0.25) is 0 Å². The van der Waals surface area contributed by atoms with Crippen LogP contribution in [0.5, 0.6) is 23.0 Å². The molecule has 0 spiro atoms. The zero-order valence-electron chi connectivity index (χ0n) is 20.7. The van der Waals surface area contributed by atoms with Crippen LogP contribution in [0.1, 0.15) is 12.8 Å². The molecule has 1 fully saturated rings. The Balaban J connectivity index is 1.42. The van der Waals surface area contributed by atoms with E-state index in [4.69, 9.17) is 24.9 Å². The third-order valence-corrected chi connectivity index (χ3v) is 7.19. The Bertz CT molecular complexity index is 1430. The molecule has 2 heterocycles. The van der Waals surface area contributed by atoms with Crippen LogP contribution in [0, 0.1) is 11.7 Å². The highest BCUT2D eigenvalue weighted by atomic mass is 79.9. The first kappa shape index (κ1) is 25.2. The second-order valence-electron chi connectivity index (χ2n) is 9.19. The van der Waals surface area contributed by atoms with Crippen LogP contribution < -0.4 is 19.9 Å². The summed E-state index contributed by atoms with van der Waals surface area (Å²) in [5.41, 5.74) is 7.71. The van der Waals surface area contributed by atoms with Crippen molar-refractivity contribution in [3.05, 3.63) is 64.9 Å². The fourth-order valence-corrected chi connectivity index (χ4v) is 4.83. The van der Waals surface area contributed by atoms with Gasteiger partial charge in [0.2, 0.25) is 0 Å². The Kier molecular flexibility index (Phi) is 7.43. The Hall–Kier alpha value is -3.43. The number of nitrogens with zero attached hydrogens (tertiary/aromatic N) is 3. The quantitative estimate of drug-likeness (QED) is 0.281. The number of benzene rings is 3. The molecule has 0 atom stereocenters. The summed E-state index contributed by atoms with van der Waals surface area (Å²) in [7, 11) is 3.75. The van der Waals surface area contributed by atoms with Crippen LogP contribution in [0.15, 0.2) is 59.1 Å². The molecule has 1 aliphatic heterocycles. The highest BCUT2D eigenvalue weighted by Crippen LogP contribution is 2.37. The minimum atomic E-state index is -0.437. The number of nitrogen functional groups attached to an aromatic ring is 1. The van der Waals surface area contributed by atoms with Gasteiger partial charge in [0.25, 0.3) is 0 Å². The molecule has 37 heavy (non-hydrogen) atoms. The van der Waals surface area contributed by atoms with E-state index in [1.165, 1.54) is 6.07 Å². The molecule has 0 saturated carbocycles. The van der Waals surface area contributed by atoms with Crippen LogP contribution in [-0.4, -0.2) is 48.7 Å². The highest BCUT2D eigenvalue weighted by Gasteiger charge is 2.19. The fraction of sp³-hybridized carbons (Fsp3) is 0.286. The summed E-state index contributed by atoms with van der Waals surface area (Å²) < 4.78 is 32.1. The van der Waals surface area contributed by atoms with Crippen molar-refractivity contribution >= 4 is 32.7 Å². The first-order valence-corrected chi connectivity index (χ1v) is 12.9. The van der Waals surface area contributed by atoms with Crippen LogP contribution in [0.25, 0.3) is 22.3 Å². The topological polar surface area (TPSA) is 82.7 Å². The molecule has 5 rings (SSSR count). The lowest BCUT2D eigenvalue weighted by Crippen LogP contribution is -2.32. The molecule has 0 unspecified atom stereocenters. The van der Waals surface area contributed by atoms with Gasteiger partial charge in [-0.2, -0.15) is 0 Å². The van der Waals surface area contributed by atoms with E-state index in [0.29, 0.717) is 56.8 Å². The van der Waals surface area contributed by atoms with Crippen LogP contribution in [-0.2, 0) is 0 Å². The lowest BCUT2D eigenvalue weighted by molar-refractivity contribution is 0.157. The summed E-state index contributed by atoms with van der Waals surface area (Å²) in [6.07, 6.45) is 2.22. The molecule has 0 amide bonds. The van der Waals surface area contributed by atoms with Gasteiger partial charge in [0.05, 0.1) is 23.7 Å². The predicted octanol–water partition coefficient (Wildman–Crippen LogP) is 6.30. The number of methoxy groups -OCH3 is 1. The number of nitrogens with two attached hydrogens (primary N) is 1. The Morgan fingerprint density at radius 2 is 1.78 bits per heavy atom. The van der Waals surface area contributed by atoms with Crippen molar-refractivity contribution in [2.45, 2.75) is 12.8 Å². The van der Waals surface area contributed by atoms with Gasteiger partial charge in [-0.15, -0.1) is 0 Å². The minimum Gasteiger partial charge on any atom is -0.493 e. The van der Waals surface area contributed by atoms with Crippen molar-refractivity contribution in [3.8, 4) is 34.4 Å². The minimum absolute atomic E-state index is 0.142. The zero-order chi connectivity index (χ0) is 25.9. The van der Waals surface area contributed by atoms with Gasteiger partial charge in [-0.3, -0.25) is 0 Å². The van der Waals surface area contributed by atoms with E-state index >= 15 is 0 Å². The maximum atomic E-state index is 14.0. The molecule has 0 aliphatic carbocycles. The molecule has 4 aromatic rings. The fourth-order valence-electron chi connectivity index (χ4n) is 4.37. The summed E-state index contributed by atoms with van der Waals surface area (Å²) in [6, 6.07) is 15.3. The Labute approximate surface area is 223 Å². The smallest absolute Gasteiger partial charge is 0.165 e. The van der Waals surface area contributed by atoms with Gasteiger partial charge in [0.15, 0.2) is 28.9 Å². The van der Waals surface area contributed by atoms with Crippen molar-refractivity contribution in [3.63, 3.8) is 0 Å². The van der Waals surface area contributed by atoms with Gasteiger partial charge >= 0.3 is 0 Å². The number of fused-ring (bicyclic) bond motifs is 1. The van der Waals surface area contributed by atoms with Crippen molar-refractivity contribution in [1.29, 1.82) is 0 Å². The highest BCUT2D eigenvalue weighted by molar-refractivity contribution is 9.10. The van der Waals surface area contributed by atoms with Crippen molar-refractivity contribution in [2.24, 2.45) is 5.92 Å². The number of hydrogen-bond acceptors (Lipinski definition) is 7. The number of halogens is 2. The summed E-state index contributed by atoms with van der Waals surface area (Å²) in [5, 5.41) is 0.686. The van der Waals surface area contributed by atoms with Crippen LogP contribution in [0.3, 0.4) is 0 Å². The second kappa shape index (κ2) is 10.9. The van der Waals surface area contributed by atoms with E-state index in [9.17, 15) is 4.39 Å². The molecular formula is C28H28BrFN4O3. The average molecular weight is 567 g/mol. The first-order chi connectivity index (χ1) is 17.9. The van der Waals surface area contributed by atoms with Gasteiger partial charge < -0.3 is 24.8 Å². The number of anilines is 1. The number of hydrogen-bond donors (Lipinski definition) is 1. The van der Waals surface area contributed by atoms with Crippen molar-refractivity contribution < 1.29 is 18.6 Å². The number of likely N-dealkylation sites (tertiary alicyclic amines) is 1. The predicted molar refractivity (Wildman–Crippen MR) is 146 cm³/mol. The number of para-hydroxylation sites is 1. The van der Waals surface area contributed by atoms with Crippen molar-refractivity contribution in [1.82, 2.24) is 14.9 Å². The van der Waals surface area contributed by atoms with E-state index in [0.717, 1.165) is 31.5 Å². The van der Waals surface area contributed by atoms with E-state index in [-0.39, 0.29) is 5.75 Å². The van der Waals surface area contributed by atoms with E-state index in [1.807, 2.05) is 24.3 Å². The summed E-state index contributed by atoms with van der Waals surface area (Å²) >= 11 is 3.51. The third-order valence-electron chi connectivity index (χ3n) is 6.57. The van der Waals surface area contributed by atoms with Gasteiger partial charge in [0, 0.05) is 17.0 Å². The molecule has 7 nitrogen and oxygen atoms in total. The van der Waals surface area contributed by atoms with Gasteiger partial charge in [-0.1, -0.05) is 12.1 Å². The van der Waals surface area contributed by atoms with Crippen LogP contribution in [0.4, 0.5) is 10.2 Å². The largest absolute Gasteiger partial charge is 0.493 e. The normalized spacial score (nSPS) is 14.6. The monoisotopic (exact) mass is 566 g/mol. The summed E-state index contributed by atoms with van der Waals surface area (Å²) in [5.74, 6) is 2.70. The Morgan fingerprint density at radius 1 is 1.00 bits per heavy atom. The molecule has 0 radical (unpaired) electrons. The van der Waals surface area contributed by atoms with E-state index in [2.05, 4.69) is 32.9 Å². The lowest BCUT2D eigenvalue weighted by atomic mass is 9.98. The number of aromatic nitrogens is 2. The molecule has 9 heteroatoms. The molecule has 1 aromatic heterocycles. The van der Waals surface area contributed by atoms with Gasteiger partial charge in [-0.25, -0.2) is 14.4 Å². The second-order valence-corrected chi connectivity index (χ2v) is 10.0. The van der Waals surface area contributed by atoms with E-state index < -0.39 is 5.82 Å². The number of ether oxygens (including phenoxy) is 3. The maximum Gasteiger partial charge on any atom is 0.165 e. The maximum absolute atomic E-state index is 14.0. The van der Waals surface area contributed by atoms with Gasteiger partial charge in [0.1, 0.15) is 11.6 Å². The zero-order valence-corrected chi connectivity index (χ0v) is 22.3. The summed E-state index contributed by atoms with van der Waals surface area (Å²) in [6.45, 7) is 2.78. The lowest BCUT2D eigenvalue weighted by Gasteiger charge is -2.28. The first-order valence-electron chi connectivity index (χ1n) is 12.1.